The first kappa shape index (κ1) is 27.6. The molecule has 0 spiro atoms. The summed E-state index contributed by atoms with van der Waals surface area (Å²) in [5.74, 6) is -0.748. The molecule has 0 bridgehead atoms. The van der Waals surface area contributed by atoms with E-state index in [2.05, 4.69) is 23.1 Å². The lowest BCUT2D eigenvalue weighted by Gasteiger charge is -2.19. The first-order chi connectivity index (χ1) is 15.5. The topological polar surface area (TPSA) is 238 Å². The normalized spacial score (nSPS) is 26.9. The molecule has 3 unspecified atom stereocenters. The van der Waals surface area contributed by atoms with Crippen molar-refractivity contribution in [3.8, 4) is 0 Å². The van der Waals surface area contributed by atoms with Crippen LogP contribution in [0.25, 0.3) is 11.0 Å². The van der Waals surface area contributed by atoms with Crippen LogP contribution in [0.15, 0.2) is 12.1 Å². The van der Waals surface area contributed by atoms with Crippen molar-refractivity contribution < 1.29 is 65.8 Å². The van der Waals surface area contributed by atoms with Gasteiger partial charge in [0.1, 0.15) is 34.7 Å². The van der Waals surface area contributed by atoms with Crippen molar-refractivity contribution in [3.05, 3.63) is 33.8 Å². The van der Waals surface area contributed by atoms with Crippen LogP contribution < -0.4 is 0 Å². The molecule has 1 fully saturated rings. The van der Waals surface area contributed by atoms with Gasteiger partial charge in [-0.15, -0.1) is 0 Å². The molecule has 0 saturated carbocycles. The first-order valence-electron chi connectivity index (χ1n) is 8.98. The number of hydrogen-bond acceptors (Lipinski definition) is 11. The highest BCUT2D eigenvalue weighted by Crippen LogP contribution is 2.66. The molecule has 1 aliphatic rings. The molecular formula is C14H18FN2O13P3S. The van der Waals surface area contributed by atoms with Crippen molar-refractivity contribution in [2.75, 3.05) is 6.61 Å². The fourth-order valence-electron chi connectivity index (χ4n) is 3.15. The zero-order valence-corrected chi connectivity index (χ0v) is 20.3. The Balaban J connectivity index is 1.76. The number of H-pyrrole nitrogens is 1. The fourth-order valence-corrected chi connectivity index (χ4v) is 6.45. The third kappa shape index (κ3) is 6.60. The van der Waals surface area contributed by atoms with Crippen LogP contribution in [-0.4, -0.2) is 64.7 Å². The van der Waals surface area contributed by atoms with Crippen LogP contribution in [0.5, 0.6) is 0 Å². The van der Waals surface area contributed by atoms with Crippen LogP contribution in [0.3, 0.4) is 0 Å². The highest BCUT2D eigenvalue weighted by Gasteiger charge is 2.46. The van der Waals surface area contributed by atoms with Crippen molar-refractivity contribution in [1.29, 1.82) is 0 Å². The Morgan fingerprint density at radius 1 is 1.12 bits per heavy atom. The number of phosphoric acid groups is 3. The molecule has 2 aromatic heterocycles. The van der Waals surface area contributed by atoms with Gasteiger partial charge in [0.25, 0.3) is 0 Å². The van der Waals surface area contributed by atoms with Gasteiger partial charge in [-0.2, -0.15) is 13.0 Å². The van der Waals surface area contributed by atoms with Gasteiger partial charge in [0.15, 0.2) is 0 Å². The Bertz CT molecular complexity index is 1300. The fraction of sp³-hybridized carbons (Fsp3) is 0.429. The lowest BCUT2D eigenvalue weighted by molar-refractivity contribution is -0.0224. The SMILES string of the molecule is Cc1cc(F)nc2[nH]c(=S)c([C@@H]3O[C@H](COP(=O)(O)OP(=O)(O)OP(=O)(O)O)[C@H](O)C3O)cc12. The smallest absolute Gasteiger partial charge is 0.387 e. The number of rotatable bonds is 8. The van der Waals surface area contributed by atoms with E-state index in [0.717, 1.165) is 6.07 Å². The number of phosphoric ester groups is 1. The molecule has 3 heterocycles. The van der Waals surface area contributed by atoms with Gasteiger partial charge in [-0.05, 0) is 24.6 Å². The molecule has 7 N–H and O–H groups in total. The number of ether oxygens (including phenoxy) is 1. The predicted octanol–water partition coefficient (Wildman–Crippen LogP) is 1.24. The van der Waals surface area contributed by atoms with Crippen molar-refractivity contribution in [2.24, 2.45) is 0 Å². The molecule has 20 heteroatoms. The molecule has 0 radical (unpaired) electrons. The van der Waals surface area contributed by atoms with E-state index in [0.29, 0.717) is 10.9 Å². The summed E-state index contributed by atoms with van der Waals surface area (Å²) >= 11 is 5.20. The minimum atomic E-state index is -5.73. The van der Waals surface area contributed by atoms with Crippen LogP contribution in [0.4, 0.5) is 4.39 Å². The van der Waals surface area contributed by atoms with E-state index >= 15 is 0 Å². The zero-order chi connectivity index (χ0) is 25.6. The molecule has 1 saturated heterocycles. The van der Waals surface area contributed by atoms with Gasteiger partial charge in [-0.1, -0.05) is 12.2 Å². The van der Waals surface area contributed by atoms with E-state index in [1.165, 1.54) is 6.07 Å². The predicted molar refractivity (Wildman–Crippen MR) is 111 cm³/mol. The van der Waals surface area contributed by atoms with E-state index in [1.54, 1.807) is 6.92 Å². The average molecular weight is 566 g/mol. The number of aliphatic hydroxyl groups excluding tert-OH is 2. The molecular weight excluding hydrogens is 548 g/mol. The summed E-state index contributed by atoms with van der Waals surface area (Å²) in [6, 6.07) is 2.62. The highest BCUT2D eigenvalue weighted by molar-refractivity contribution is 7.71. The lowest BCUT2D eigenvalue weighted by Crippen LogP contribution is -2.33. The third-order valence-corrected chi connectivity index (χ3v) is 8.66. The third-order valence-electron chi connectivity index (χ3n) is 4.51. The largest absolute Gasteiger partial charge is 0.490 e. The summed E-state index contributed by atoms with van der Waals surface area (Å²) in [5, 5.41) is 21.1. The van der Waals surface area contributed by atoms with E-state index in [-0.39, 0.29) is 15.9 Å². The number of aromatic amines is 1. The van der Waals surface area contributed by atoms with Crippen LogP contribution in [0.2, 0.25) is 0 Å². The summed E-state index contributed by atoms with van der Waals surface area (Å²) in [7, 11) is -16.8. The van der Waals surface area contributed by atoms with Gasteiger partial charge < -0.3 is 39.5 Å². The molecule has 0 amide bonds. The Hall–Kier alpha value is -1.00. The minimum Gasteiger partial charge on any atom is -0.387 e. The maximum absolute atomic E-state index is 13.6. The summed E-state index contributed by atoms with van der Waals surface area (Å²) in [5.41, 5.74) is 0.780. The molecule has 15 nitrogen and oxygen atoms in total. The van der Waals surface area contributed by atoms with Crippen LogP contribution in [0.1, 0.15) is 17.2 Å². The minimum absolute atomic E-state index is 0.00483. The van der Waals surface area contributed by atoms with E-state index in [1.807, 2.05) is 0 Å². The Labute approximate surface area is 194 Å². The average Bonchev–Trinajstić information content (AvgIpc) is 2.91. The number of nitrogens with one attached hydrogen (secondary N) is 1. The number of hydrogen-bond donors (Lipinski definition) is 7. The quantitative estimate of drug-likeness (QED) is 0.135. The second kappa shape index (κ2) is 9.81. The molecule has 6 atom stereocenters. The highest BCUT2D eigenvalue weighted by atomic mass is 32.1. The maximum Gasteiger partial charge on any atom is 0.490 e. The molecule has 190 valence electrons. The lowest BCUT2D eigenvalue weighted by atomic mass is 10.0. The number of aryl methyl sites for hydroxylation is 1. The number of halogens is 1. The summed E-state index contributed by atoms with van der Waals surface area (Å²) in [4.78, 5) is 42.1. The molecule has 34 heavy (non-hydrogen) atoms. The van der Waals surface area contributed by atoms with Gasteiger partial charge in [0.2, 0.25) is 5.95 Å². The van der Waals surface area contributed by atoms with Gasteiger partial charge in [-0.3, -0.25) is 4.52 Å². The Morgan fingerprint density at radius 2 is 1.76 bits per heavy atom. The number of fused-ring (bicyclic) bond motifs is 1. The molecule has 0 aromatic carbocycles. The van der Waals surface area contributed by atoms with E-state index in [9.17, 15) is 33.2 Å². The number of nitrogens with zero attached hydrogens (tertiary/aromatic N) is 1. The zero-order valence-electron chi connectivity index (χ0n) is 16.8. The van der Waals surface area contributed by atoms with Gasteiger partial charge in [-0.25, -0.2) is 18.7 Å². The summed E-state index contributed by atoms with van der Waals surface area (Å²) in [6.07, 6.45) is -6.07. The number of pyridine rings is 2. The Kier molecular flexibility index (Phi) is 7.96. The van der Waals surface area contributed by atoms with Crippen molar-refractivity contribution in [3.63, 3.8) is 0 Å². The van der Waals surface area contributed by atoms with Crippen LogP contribution in [0, 0.1) is 17.5 Å². The van der Waals surface area contributed by atoms with Gasteiger partial charge in [0.05, 0.1) is 6.61 Å². The first-order valence-corrected chi connectivity index (χ1v) is 13.9. The summed E-state index contributed by atoms with van der Waals surface area (Å²) in [6.45, 7) is 0.619. The van der Waals surface area contributed by atoms with Crippen LogP contribution >= 0.6 is 35.7 Å². The summed E-state index contributed by atoms with van der Waals surface area (Å²) < 4.78 is 64.5. The van der Waals surface area contributed by atoms with Crippen LogP contribution in [-0.2, 0) is 31.6 Å². The standard InChI is InChI=1S/C14H18FN2O13P3S/c1-5-2-9(15)16-13-6(5)3-7(14(34)17-13)12-11(19)10(18)8(28-12)4-27-32(23,24)30-33(25,26)29-31(20,21)22/h2-3,8,10-12,18-19H,4H2,1H3,(H,23,24)(H,25,26)(H,16,17,34)(H2,20,21,22)/t8-,10+,11?,12+/m1/s1. The second-order valence-electron chi connectivity index (χ2n) is 7.04. The van der Waals surface area contributed by atoms with Crippen molar-refractivity contribution in [1.82, 2.24) is 9.97 Å². The molecule has 2 aromatic rings. The maximum atomic E-state index is 13.6. The van der Waals surface area contributed by atoms with Crippen molar-refractivity contribution in [2.45, 2.75) is 31.3 Å². The number of aromatic nitrogens is 2. The molecule has 0 aliphatic carbocycles. The monoisotopic (exact) mass is 566 g/mol. The number of aliphatic hydroxyl groups is 2. The second-order valence-corrected chi connectivity index (χ2v) is 11.9. The van der Waals surface area contributed by atoms with Crippen molar-refractivity contribution >= 4 is 46.7 Å². The van der Waals surface area contributed by atoms with Gasteiger partial charge in [0, 0.05) is 10.9 Å². The Morgan fingerprint density at radius 3 is 2.38 bits per heavy atom. The van der Waals surface area contributed by atoms with E-state index < -0.39 is 60.4 Å². The van der Waals surface area contributed by atoms with Gasteiger partial charge >= 0.3 is 23.5 Å². The molecule has 1 aliphatic heterocycles. The molecule has 3 rings (SSSR count). The van der Waals surface area contributed by atoms with E-state index in [4.69, 9.17) is 31.6 Å².